The molecule has 0 aliphatic carbocycles. The minimum absolute atomic E-state index is 0.284. The molecule has 0 saturated heterocycles. The van der Waals surface area contributed by atoms with E-state index in [0.717, 1.165) is 21.7 Å². The molecule has 1 heterocycles. The fourth-order valence-electron chi connectivity index (χ4n) is 3.04. The first-order valence-corrected chi connectivity index (χ1v) is 9.86. The Hall–Kier alpha value is -3.38. The summed E-state index contributed by atoms with van der Waals surface area (Å²) in [4.78, 5) is 5.51. The van der Waals surface area contributed by atoms with Crippen LogP contribution in [-0.4, -0.2) is 18.8 Å². The minimum Gasteiger partial charge on any atom is -0.493 e. The number of rotatable bonds is 5. The van der Waals surface area contributed by atoms with Crippen LogP contribution in [0.2, 0.25) is 0 Å². The topological polar surface area (TPSA) is 35.8 Å². The van der Waals surface area contributed by atoms with Gasteiger partial charge in [0.2, 0.25) is 0 Å². The third-order valence-corrected chi connectivity index (χ3v) is 5.28. The Morgan fingerprint density at radius 2 is 1.59 bits per heavy atom. The van der Waals surface area contributed by atoms with E-state index in [-0.39, 0.29) is 5.82 Å². The number of benzene rings is 3. The molecule has 4 aromatic rings. The van der Waals surface area contributed by atoms with Crippen LogP contribution in [-0.2, 0) is 0 Å². The van der Waals surface area contributed by atoms with Crippen LogP contribution in [0.15, 0.2) is 83.2 Å². The Kier molecular flexibility index (Phi) is 5.44. The molecule has 0 atom stereocenters. The van der Waals surface area contributed by atoms with Crippen LogP contribution in [0.4, 0.5) is 10.1 Å². The van der Waals surface area contributed by atoms with Crippen molar-refractivity contribution in [2.75, 3.05) is 14.2 Å². The van der Waals surface area contributed by atoms with Crippen molar-refractivity contribution in [1.29, 1.82) is 0 Å². The van der Waals surface area contributed by atoms with Gasteiger partial charge in [-0.1, -0.05) is 30.3 Å². The van der Waals surface area contributed by atoms with Crippen LogP contribution in [0.1, 0.15) is 0 Å². The summed E-state index contributed by atoms with van der Waals surface area (Å²) >= 11 is 1.52. The lowest BCUT2D eigenvalue weighted by molar-refractivity contribution is 0.355. The first kappa shape index (κ1) is 19.0. The van der Waals surface area contributed by atoms with Gasteiger partial charge in [-0.3, -0.25) is 4.57 Å². The van der Waals surface area contributed by atoms with E-state index in [4.69, 9.17) is 14.5 Å². The van der Waals surface area contributed by atoms with Gasteiger partial charge in [0.1, 0.15) is 5.82 Å². The SMILES string of the molecule is COc1ccc(-n2c(-c3ccccc3)csc2=Nc2ccc(F)cc2)cc1OC. The predicted molar refractivity (Wildman–Crippen MR) is 114 cm³/mol. The highest BCUT2D eigenvalue weighted by molar-refractivity contribution is 7.07. The number of nitrogens with zero attached hydrogens (tertiary/aromatic N) is 2. The molecule has 4 rings (SSSR count). The number of methoxy groups -OCH3 is 2. The molecule has 0 spiro atoms. The second-order valence-electron chi connectivity index (χ2n) is 6.23. The molecule has 1 aromatic heterocycles. The van der Waals surface area contributed by atoms with Gasteiger partial charge in [0.15, 0.2) is 16.3 Å². The van der Waals surface area contributed by atoms with Crippen molar-refractivity contribution < 1.29 is 13.9 Å². The van der Waals surface area contributed by atoms with E-state index in [0.29, 0.717) is 17.2 Å². The Morgan fingerprint density at radius 3 is 2.28 bits per heavy atom. The molecule has 0 unspecified atom stereocenters. The molecule has 0 aliphatic heterocycles. The molecular formula is C23H19FN2O2S. The van der Waals surface area contributed by atoms with Gasteiger partial charge in [0.05, 0.1) is 31.3 Å². The summed E-state index contributed by atoms with van der Waals surface area (Å²) in [6, 6.07) is 22.0. The van der Waals surface area contributed by atoms with E-state index < -0.39 is 0 Å². The molecule has 0 N–H and O–H groups in total. The second kappa shape index (κ2) is 8.32. The van der Waals surface area contributed by atoms with E-state index in [2.05, 4.69) is 22.1 Å². The largest absolute Gasteiger partial charge is 0.493 e. The summed E-state index contributed by atoms with van der Waals surface area (Å²) in [7, 11) is 3.22. The van der Waals surface area contributed by atoms with Gasteiger partial charge in [0.25, 0.3) is 0 Å². The summed E-state index contributed by atoms with van der Waals surface area (Å²) in [5, 5.41) is 2.06. The smallest absolute Gasteiger partial charge is 0.195 e. The van der Waals surface area contributed by atoms with Crippen LogP contribution < -0.4 is 14.3 Å². The van der Waals surface area contributed by atoms with Crippen molar-refractivity contribution in [1.82, 2.24) is 4.57 Å². The van der Waals surface area contributed by atoms with E-state index in [1.54, 1.807) is 26.4 Å². The molecule has 0 amide bonds. The van der Waals surface area contributed by atoms with Crippen LogP contribution in [0, 0.1) is 5.82 Å². The third-order valence-electron chi connectivity index (χ3n) is 4.45. The Balaban J connectivity index is 1.94. The zero-order valence-electron chi connectivity index (χ0n) is 16.0. The van der Waals surface area contributed by atoms with Crippen molar-refractivity contribution in [2.24, 2.45) is 4.99 Å². The molecular weight excluding hydrogens is 387 g/mol. The molecule has 6 heteroatoms. The van der Waals surface area contributed by atoms with E-state index in [1.807, 2.05) is 36.4 Å². The first-order chi connectivity index (χ1) is 14.2. The van der Waals surface area contributed by atoms with Crippen molar-refractivity contribution >= 4 is 17.0 Å². The number of ether oxygens (including phenoxy) is 2. The molecule has 29 heavy (non-hydrogen) atoms. The molecule has 0 radical (unpaired) electrons. The highest BCUT2D eigenvalue weighted by Crippen LogP contribution is 2.31. The van der Waals surface area contributed by atoms with Crippen LogP contribution in [0.5, 0.6) is 11.5 Å². The van der Waals surface area contributed by atoms with Gasteiger partial charge in [-0.2, -0.15) is 0 Å². The van der Waals surface area contributed by atoms with Crippen LogP contribution in [0.25, 0.3) is 16.9 Å². The zero-order chi connectivity index (χ0) is 20.2. The normalized spacial score (nSPS) is 11.5. The maximum absolute atomic E-state index is 13.3. The van der Waals surface area contributed by atoms with Crippen LogP contribution in [0.3, 0.4) is 0 Å². The lowest BCUT2D eigenvalue weighted by atomic mass is 10.1. The highest BCUT2D eigenvalue weighted by Gasteiger charge is 2.13. The molecule has 0 aliphatic rings. The summed E-state index contributed by atoms with van der Waals surface area (Å²) in [5.74, 6) is 1.01. The van der Waals surface area contributed by atoms with E-state index in [1.165, 1.54) is 23.5 Å². The van der Waals surface area contributed by atoms with Gasteiger partial charge in [-0.05, 0) is 42.0 Å². The maximum Gasteiger partial charge on any atom is 0.195 e. The molecule has 146 valence electrons. The third kappa shape index (κ3) is 3.93. The highest BCUT2D eigenvalue weighted by atomic mass is 32.1. The monoisotopic (exact) mass is 406 g/mol. The zero-order valence-corrected chi connectivity index (χ0v) is 16.8. The fraction of sp³-hybridized carbons (Fsp3) is 0.0870. The Morgan fingerprint density at radius 1 is 0.862 bits per heavy atom. The number of hydrogen-bond acceptors (Lipinski definition) is 4. The van der Waals surface area contributed by atoms with Gasteiger partial charge < -0.3 is 9.47 Å². The summed E-state index contributed by atoms with van der Waals surface area (Å²) in [5.41, 5.74) is 3.65. The molecule has 3 aromatic carbocycles. The molecule has 0 saturated carbocycles. The van der Waals surface area contributed by atoms with Crippen molar-refractivity contribution in [3.05, 3.63) is 88.8 Å². The lowest BCUT2D eigenvalue weighted by Gasteiger charge is -2.13. The van der Waals surface area contributed by atoms with Gasteiger partial charge in [-0.25, -0.2) is 9.38 Å². The Labute approximate surface area is 172 Å². The summed E-state index contributed by atoms with van der Waals surface area (Å²) in [6.45, 7) is 0. The number of aromatic nitrogens is 1. The Bertz CT molecular complexity index is 1180. The van der Waals surface area contributed by atoms with Crippen molar-refractivity contribution in [3.8, 4) is 28.4 Å². The van der Waals surface area contributed by atoms with Crippen LogP contribution >= 0.6 is 11.3 Å². The molecule has 4 nitrogen and oxygen atoms in total. The number of halogens is 1. The molecule has 0 bridgehead atoms. The van der Waals surface area contributed by atoms with E-state index >= 15 is 0 Å². The summed E-state index contributed by atoms with van der Waals surface area (Å²) < 4.78 is 26.2. The summed E-state index contributed by atoms with van der Waals surface area (Å²) in [6.07, 6.45) is 0. The first-order valence-electron chi connectivity index (χ1n) is 8.98. The van der Waals surface area contributed by atoms with Crippen molar-refractivity contribution in [3.63, 3.8) is 0 Å². The second-order valence-corrected chi connectivity index (χ2v) is 7.07. The standard InChI is InChI=1S/C23H19FN2O2S/c1-27-21-13-12-19(14-22(21)28-2)26-20(16-6-4-3-5-7-16)15-29-23(26)25-18-10-8-17(24)9-11-18/h3-15H,1-2H3. The van der Waals surface area contributed by atoms with Crippen molar-refractivity contribution in [2.45, 2.75) is 0 Å². The number of thiazole rings is 1. The maximum atomic E-state index is 13.3. The fourth-order valence-corrected chi connectivity index (χ4v) is 3.96. The minimum atomic E-state index is -0.284. The molecule has 0 fully saturated rings. The quantitative estimate of drug-likeness (QED) is 0.433. The number of hydrogen-bond donors (Lipinski definition) is 0. The van der Waals surface area contributed by atoms with E-state index in [9.17, 15) is 4.39 Å². The van der Waals surface area contributed by atoms with Gasteiger partial charge >= 0.3 is 0 Å². The predicted octanol–water partition coefficient (Wildman–Crippen LogP) is 5.59. The lowest BCUT2D eigenvalue weighted by Crippen LogP contribution is -2.14. The van der Waals surface area contributed by atoms with Gasteiger partial charge in [0, 0.05) is 11.4 Å². The average molecular weight is 406 g/mol. The average Bonchev–Trinajstić information content (AvgIpc) is 3.19. The van der Waals surface area contributed by atoms with Gasteiger partial charge in [-0.15, -0.1) is 11.3 Å².